The van der Waals surface area contributed by atoms with Crippen LogP contribution in [0.2, 0.25) is 5.02 Å². The van der Waals surface area contributed by atoms with Crippen molar-refractivity contribution in [2.45, 2.75) is 38.6 Å². The number of halogens is 2. The Morgan fingerprint density at radius 2 is 2.12 bits per heavy atom. The molecule has 1 aromatic heterocycles. The minimum atomic E-state index is -0.186. The molecule has 3 heterocycles. The summed E-state index contributed by atoms with van der Waals surface area (Å²) in [5.74, 6) is 0.511. The van der Waals surface area contributed by atoms with Gasteiger partial charge in [0.05, 0.1) is 10.9 Å². The van der Waals surface area contributed by atoms with E-state index in [0.717, 1.165) is 38.8 Å². The Labute approximate surface area is 165 Å². The summed E-state index contributed by atoms with van der Waals surface area (Å²) in [4.78, 5) is 31.3. The number of carbonyl (C=O) groups excluding carboxylic acids is 2. The number of piperidine rings is 2. The Morgan fingerprint density at radius 1 is 1.31 bits per heavy atom. The third-order valence-corrected chi connectivity index (χ3v) is 5.28. The predicted octanol–water partition coefficient (Wildman–Crippen LogP) is 2.72. The Balaban J connectivity index is 0.00000243. The number of hydrogen-bond donors (Lipinski definition) is 2. The zero-order valence-corrected chi connectivity index (χ0v) is 16.5. The van der Waals surface area contributed by atoms with Crippen molar-refractivity contribution in [3.05, 3.63) is 23.4 Å². The number of nitrogens with one attached hydrogen (secondary N) is 2. The van der Waals surface area contributed by atoms with E-state index in [2.05, 4.69) is 22.5 Å². The summed E-state index contributed by atoms with van der Waals surface area (Å²) in [5.41, 5.74) is 0. The van der Waals surface area contributed by atoms with Crippen LogP contribution in [0.5, 0.6) is 0 Å². The van der Waals surface area contributed by atoms with Gasteiger partial charge in [-0.1, -0.05) is 11.6 Å². The Morgan fingerprint density at radius 3 is 2.81 bits per heavy atom. The van der Waals surface area contributed by atoms with Gasteiger partial charge in [-0.2, -0.15) is 0 Å². The van der Waals surface area contributed by atoms with E-state index < -0.39 is 0 Å². The van der Waals surface area contributed by atoms with Crippen molar-refractivity contribution >= 4 is 41.6 Å². The summed E-state index contributed by atoms with van der Waals surface area (Å²) in [6.45, 7) is 4.25. The van der Waals surface area contributed by atoms with E-state index in [1.54, 1.807) is 12.1 Å². The molecule has 0 radical (unpaired) electrons. The van der Waals surface area contributed by atoms with Gasteiger partial charge in [-0.25, -0.2) is 4.98 Å². The largest absolute Gasteiger partial charge is 0.342 e. The van der Waals surface area contributed by atoms with Crippen LogP contribution in [0.25, 0.3) is 0 Å². The van der Waals surface area contributed by atoms with Gasteiger partial charge in [0.2, 0.25) is 11.8 Å². The first kappa shape index (κ1) is 20.9. The summed E-state index contributed by atoms with van der Waals surface area (Å²) in [7, 11) is 0. The van der Waals surface area contributed by atoms with E-state index >= 15 is 0 Å². The average Bonchev–Trinajstić information content (AvgIpc) is 2.63. The molecule has 6 nitrogen and oxygen atoms in total. The van der Waals surface area contributed by atoms with Gasteiger partial charge in [0, 0.05) is 31.2 Å². The summed E-state index contributed by atoms with van der Waals surface area (Å²) < 4.78 is 0. The normalized spacial score (nSPS) is 25.9. The summed E-state index contributed by atoms with van der Waals surface area (Å²) in [5, 5.41) is 6.74. The Kier molecular flexibility index (Phi) is 7.68. The number of likely N-dealkylation sites (tertiary alicyclic amines) is 1. The van der Waals surface area contributed by atoms with Crippen molar-refractivity contribution in [2.24, 2.45) is 11.8 Å². The van der Waals surface area contributed by atoms with Crippen LogP contribution in [0.3, 0.4) is 0 Å². The first-order valence-corrected chi connectivity index (χ1v) is 9.35. The highest BCUT2D eigenvalue weighted by molar-refractivity contribution is 6.30. The molecule has 2 aliphatic rings. The molecule has 0 aromatic carbocycles. The smallest absolute Gasteiger partial charge is 0.230 e. The molecule has 2 fully saturated rings. The van der Waals surface area contributed by atoms with Crippen molar-refractivity contribution < 1.29 is 9.59 Å². The maximum absolute atomic E-state index is 12.8. The molecule has 1 aromatic rings. The van der Waals surface area contributed by atoms with E-state index in [9.17, 15) is 9.59 Å². The number of hydrogen-bond acceptors (Lipinski definition) is 4. The number of carbonyl (C=O) groups is 2. The summed E-state index contributed by atoms with van der Waals surface area (Å²) in [6, 6.07) is 3.75. The highest BCUT2D eigenvalue weighted by Crippen LogP contribution is 2.24. The monoisotopic (exact) mass is 400 g/mol. The second kappa shape index (κ2) is 9.53. The van der Waals surface area contributed by atoms with Gasteiger partial charge >= 0.3 is 0 Å². The average molecular weight is 401 g/mol. The van der Waals surface area contributed by atoms with Gasteiger partial charge in [-0.3, -0.25) is 9.59 Å². The lowest BCUT2D eigenvalue weighted by atomic mass is 9.90. The quantitative estimate of drug-likeness (QED) is 0.817. The molecule has 0 saturated carbocycles. The highest BCUT2D eigenvalue weighted by Gasteiger charge is 2.33. The van der Waals surface area contributed by atoms with Crippen LogP contribution in [-0.4, -0.2) is 47.4 Å². The van der Waals surface area contributed by atoms with Crippen molar-refractivity contribution in [3.63, 3.8) is 0 Å². The minimum Gasteiger partial charge on any atom is -0.342 e. The van der Waals surface area contributed by atoms with Crippen molar-refractivity contribution in [1.29, 1.82) is 0 Å². The van der Waals surface area contributed by atoms with Crippen LogP contribution in [0.15, 0.2) is 18.3 Å². The Bertz CT molecular complexity index is 626. The van der Waals surface area contributed by atoms with Gasteiger partial charge in [-0.05, 0) is 51.3 Å². The van der Waals surface area contributed by atoms with Gasteiger partial charge in [0.1, 0.15) is 5.82 Å². The fourth-order valence-electron chi connectivity index (χ4n) is 3.68. The summed E-state index contributed by atoms with van der Waals surface area (Å²) in [6.07, 6.45) is 4.92. The van der Waals surface area contributed by atoms with E-state index in [1.807, 2.05) is 4.90 Å². The number of anilines is 1. The highest BCUT2D eigenvalue weighted by atomic mass is 35.5. The van der Waals surface area contributed by atoms with E-state index in [4.69, 9.17) is 11.6 Å². The third-order valence-electron chi connectivity index (χ3n) is 5.06. The molecular weight excluding hydrogens is 375 g/mol. The molecule has 2 amide bonds. The lowest BCUT2D eigenvalue weighted by Crippen LogP contribution is -2.49. The van der Waals surface area contributed by atoms with Crippen LogP contribution < -0.4 is 10.6 Å². The molecule has 3 rings (SSSR count). The maximum Gasteiger partial charge on any atom is 0.230 e. The molecule has 2 aliphatic heterocycles. The maximum atomic E-state index is 12.8. The SMILES string of the molecule is C[C@H]1C[C@@H](C(=O)N2CCCC(C(=O)Nc3ccc(Cl)cn3)C2)CCN1.Cl. The second-order valence-corrected chi connectivity index (χ2v) is 7.49. The standard InChI is InChI=1S/C18H25ClN4O2.ClH/c1-12-9-13(6-7-20-12)18(25)23-8-2-3-14(11-23)17(24)22-16-5-4-15(19)10-21-16;/h4-5,10,12-14,20H,2-3,6-9,11H2,1H3,(H,21,22,24);1H/t12-,13-,14?;/m0./s1. The summed E-state index contributed by atoms with van der Waals surface area (Å²) >= 11 is 5.81. The minimum absolute atomic E-state index is 0. The van der Waals surface area contributed by atoms with Crippen LogP contribution in [0.4, 0.5) is 5.82 Å². The van der Waals surface area contributed by atoms with Crippen LogP contribution >= 0.6 is 24.0 Å². The van der Waals surface area contributed by atoms with Crippen LogP contribution in [0.1, 0.15) is 32.6 Å². The third kappa shape index (κ3) is 5.32. The molecule has 0 spiro atoms. The first-order valence-electron chi connectivity index (χ1n) is 8.97. The molecule has 1 unspecified atom stereocenters. The number of aromatic nitrogens is 1. The molecule has 2 N–H and O–H groups in total. The number of pyridine rings is 1. The molecule has 144 valence electrons. The van der Waals surface area contributed by atoms with Crippen molar-refractivity contribution in [2.75, 3.05) is 25.0 Å². The molecular formula is C18H26Cl2N4O2. The zero-order valence-electron chi connectivity index (χ0n) is 14.9. The topological polar surface area (TPSA) is 74.3 Å². The van der Waals surface area contributed by atoms with E-state index in [-0.39, 0.29) is 36.1 Å². The van der Waals surface area contributed by atoms with Gasteiger partial charge < -0.3 is 15.5 Å². The van der Waals surface area contributed by atoms with Gasteiger partial charge in [-0.15, -0.1) is 12.4 Å². The molecule has 3 atom stereocenters. The fourth-order valence-corrected chi connectivity index (χ4v) is 3.80. The van der Waals surface area contributed by atoms with Crippen LogP contribution in [-0.2, 0) is 9.59 Å². The molecule has 0 aliphatic carbocycles. The Hall–Kier alpha value is -1.37. The predicted molar refractivity (Wildman–Crippen MR) is 105 cm³/mol. The van der Waals surface area contributed by atoms with Crippen LogP contribution in [0, 0.1) is 11.8 Å². The van der Waals surface area contributed by atoms with E-state index in [1.165, 1.54) is 6.20 Å². The van der Waals surface area contributed by atoms with E-state index in [0.29, 0.717) is 23.4 Å². The zero-order chi connectivity index (χ0) is 17.8. The first-order chi connectivity index (χ1) is 12.0. The van der Waals surface area contributed by atoms with Crippen molar-refractivity contribution in [1.82, 2.24) is 15.2 Å². The lowest BCUT2D eigenvalue weighted by Gasteiger charge is -2.36. The molecule has 8 heteroatoms. The number of amides is 2. The molecule has 0 bridgehead atoms. The van der Waals surface area contributed by atoms with Crippen molar-refractivity contribution in [3.8, 4) is 0 Å². The molecule has 2 saturated heterocycles. The van der Waals surface area contributed by atoms with Gasteiger partial charge in [0.25, 0.3) is 0 Å². The molecule has 26 heavy (non-hydrogen) atoms. The second-order valence-electron chi connectivity index (χ2n) is 7.05. The number of rotatable bonds is 3. The number of nitrogens with zero attached hydrogens (tertiary/aromatic N) is 2. The van der Waals surface area contributed by atoms with Gasteiger partial charge in [0.15, 0.2) is 0 Å². The lowest BCUT2D eigenvalue weighted by molar-refractivity contribution is -0.139. The fraction of sp³-hybridized carbons (Fsp3) is 0.611.